The fourth-order valence-electron chi connectivity index (χ4n) is 3.17. The van der Waals surface area contributed by atoms with E-state index in [2.05, 4.69) is 10.1 Å². The Morgan fingerprint density at radius 2 is 1.71 bits per heavy atom. The molecule has 0 aromatic heterocycles. The molecule has 0 saturated carbocycles. The third-order valence-electron chi connectivity index (χ3n) is 4.58. The van der Waals surface area contributed by atoms with Crippen molar-refractivity contribution in [2.75, 3.05) is 13.1 Å². The van der Waals surface area contributed by atoms with Gasteiger partial charge in [-0.2, -0.15) is 0 Å². The highest BCUT2D eigenvalue weighted by molar-refractivity contribution is 5.96. The molecule has 2 amide bonds. The average Bonchev–Trinajstić information content (AvgIpc) is 3.14. The third-order valence-corrected chi connectivity index (χ3v) is 4.58. The zero-order chi connectivity index (χ0) is 22.4. The van der Waals surface area contributed by atoms with Gasteiger partial charge in [-0.1, -0.05) is 18.2 Å². The summed E-state index contributed by atoms with van der Waals surface area (Å²) in [7, 11) is 0. The van der Waals surface area contributed by atoms with Crippen LogP contribution in [0.4, 0.5) is 13.2 Å². The van der Waals surface area contributed by atoms with Gasteiger partial charge >= 0.3 is 6.36 Å². The van der Waals surface area contributed by atoms with Gasteiger partial charge in [0.15, 0.2) is 0 Å². The average molecular weight is 436 g/mol. The molecule has 3 rings (SSSR count). The number of aldehydes is 1. The minimum Gasteiger partial charge on any atom is -0.457 e. The van der Waals surface area contributed by atoms with E-state index in [0.29, 0.717) is 17.8 Å². The maximum atomic E-state index is 12.4. The van der Waals surface area contributed by atoms with Gasteiger partial charge in [0.2, 0.25) is 5.91 Å². The molecule has 2 aromatic carbocycles. The molecule has 1 heterocycles. The van der Waals surface area contributed by atoms with Crippen LogP contribution in [-0.2, 0) is 14.3 Å². The van der Waals surface area contributed by atoms with Crippen LogP contribution in [0, 0.1) is 0 Å². The third kappa shape index (κ3) is 6.29. The fraction of sp³-hybridized carbons (Fsp3) is 0.286. The SMILES string of the molecule is O=CC1C[C@@H](OC(F)(F)F)CN1C(=O)CNC(=O)c1ccc(Oc2ccccc2)cc1. The second kappa shape index (κ2) is 9.61. The van der Waals surface area contributed by atoms with Crippen molar-refractivity contribution in [3.63, 3.8) is 0 Å². The molecule has 0 radical (unpaired) electrons. The van der Waals surface area contributed by atoms with Crippen LogP contribution in [0.15, 0.2) is 54.6 Å². The zero-order valence-corrected chi connectivity index (χ0v) is 16.2. The monoisotopic (exact) mass is 436 g/mol. The number of benzene rings is 2. The van der Waals surface area contributed by atoms with Crippen LogP contribution in [0.5, 0.6) is 11.5 Å². The quantitative estimate of drug-likeness (QED) is 0.675. The molecule has 164 valence electrons. The maximum Gasteiger partial charge on any atom is 0.522 e. The number of halogens is 3. The number of hydrogen-bond acceptors (Lipinski definition) is 5. The summed E-state index contributed by atoms with van der Waals surface area (Å²) in [6.45, 7) is -0.854. The van der Waals surface area contributed by atoms with Crippen LogP contribution in [0.25, 0.3) is 0 Å². The van der Waals surface area contributed by atoms with Crippen LogP contribution < -0.4 is 10.1 Å². The molecule has 10 heteroatoms. The molecule has 1 fully saturated rings. The number of hydrogen-bond donors (Lipinski definition) is 1. The highest BCUT2D eigenvalue weighted by atomic mass is 19.4. The number of amides is 2. The van der Waals surface area contributed by atoms with Gasteiger partial charge in [0.25, 0.3) is 5.91 Å². The Labute approximate surface area is 175 Å². The summed E-state index contributed by atoms with van der Waals surface area (Å²) in [4.78, 5) is 36.7. The van der Waals surface area contributed by atoms with Gasteiger partial charge in [0.05, 0.1) is 18.7 Å². The predicted octanol–water partition coefficient (Wildman–Crippen LogP) is 2.91. The molecule has 2 aromatic rings. The minimum atomic E-state index is -4.86. The van der Waals surface area contributed by atoms with E-state index in [4.69, 9.17) is 4.74 Å². The number of nitrogens with one attached hydrogen (secondary N) is 1. The van der Waals surface area contributed by atoms with Gasteiger partial charge in [-0.15, -0.1) is 13.2 Å². The molecule has 1 aliphatic rings. The number of likely N-dealkylation sites (tertiary alicyclic amines) is 1. The van der Waals surface area contributed by atoms with E-state index in [0.717, 1.165) is 4.90 Å². The van der Waals surface area contributed by atoms with E-state index in [1.165, 1.54) is 12.1 Å². The number of nitrogens with zero attached hydrogens (tertiary/aromatic N) is 1. The Morgan fingerprint density at radius 1 is 1.06 bits per heavy atom. The van der Waals surface area contributed by atoms with Crippen LogP contribution >= 0.6 is 0 Å². The molecule has 0 spiro atoms. The lowest BCUT2D eigenvalue weighted by Crippen LogP contribution is -2.43. The first kappa shape index (κ1) is 22.3. The number of ether oxygens (including phenoxy) is 2. The summed E-state index contributed by atoms with van der Waals surface area (Å²) in [6.07, 6.45) is -6.05. The Morgan fingerprint density at radius 3 is 2.32 bits per heavy atom. The Bertz CT molecular complexity index is 919. The number of para-hydroxylation sites is 1. The molecule has 1 saturated heterocycles. The van der Waals surface area contributed by atoms with E-state index < -0.39 is 36.9 Å². The van der Waals surface area contributed by atoms with Crippen LogP contribution in [0.2, 0.25) is 0 Å². The van der Waals surface area contributed by atoms with Crippen LogP contribution in [-0.4, -0.2) is 54.6 Å². The summed E-state index contributed by atoms with van der Waals surface area (Å²) in [5.41, 5.74) is 0.264. The molecule has 1 unspecified atom stereocenters. The Kier molecular flexibility index (Phi) is 6.91. The van der Waals surface area contributed by atoms with Crippen molar-refractivity contribution in [3.05, 3.63) is 60.2 Å². The smallest absolute Gasteiger partial charge is 0.457 e. The summed E-state index contributed by atoms with van der Waals surface area (Å²) in [6, 6.07) is 14.2. The number of rotatable bonds is 7. The summed E-state index contributed by atoms with van der Waals surface area (Å²) in [5, 5.41) is 2.40. The lowest BCUT2D eigenvalue weighted by molar-refractivity contribution is -0.340. The molecular weight excluding hydrogens is 417 g/mol. The maximum absolute atomic E-state index is 12.4. The molecular formula is C21H19F3N2O5. The van der Waals surface area contributed by atoms with Crippen molar-refractivity contribution < 1.29 is 37.0 Å². The van der Waals surface area contributed by atoms with Gasteiger partial charge in [0, 0.05) is 18.5 Å². The van der Waals surface area contributed by atoms with E-state index in [9.17, 15) is 27.6 Å². The molecule has 2 atom stereocenters. The lowest BCUT2D eigenvalue weighted by atomic mass is 10.2. The molecule has 1 aliphatic heterocycles. The molecule has 7 nitrogen and oxygen atoms in total. The van der Waals surface area contributed by atoms with E-state index in [1.54, 1.807) is 24.3 Å². The van der Waals surface area contributed by atoms with Gasteiger partial charge in [-0.25, -0.2) is 0 Å². The summed E-state index contributed by atoms with van der Waals surface area (Å²) < 4.78 is 46.7. The fourth-order valence-corrected chi connectivity index (χ4v) is 3.17. The van der Waals surface area contributed by atoms with Crippen molar-refractivity contribution in [1.29, 1.82) is 0 Å². The molecule has 0 bridgehead atoms. The van der Waals surface area contributed by atoms with E-state index >= 15 is 0 Å². The first-order valence-electron chi connectivity index (χ1n) is 9.35. The first-order chi connectivity index (χ1) is 14.7. The van der Waals surface area contributed by atoms with Gasteiger partial charge in [-0.3, -0.25) is 14.3 Å². The van der Waals surface area contributed by atoms with Crippen molar-refractivity contribution >= 4 is 18.1 Å². The van der Waals surface area contributed by atoms with E-state index in [-0.39, 0.29) is 18.5 Å². The zero-order valence-electron chi connectivity index (χ0n) is 16.2. The van der Waals surface area contributed by atoms with Crippen LogP contribution in [0.1, 0.15) is 16.8 Å². The second-order valence-corrected chi connectivity index (χ2v) is 6.79. The highest BCUT2D eigenvalue weighted by Crippen LogP contribution is 2.27. The Balaban J connectivity index is 1.52. The largest absolute Gasteiger partial charge is 0.522 e. The van der Waals surface area contributed by atoms with Crippen molar-refractivity contribution in [2.45, 2.75) is 24.9 Å². The summed E-state index contributed by atoms with van der Waals surface area (Å²) in [5.74, 6) is -0.0822. The molecule has 31 heavy (non-hydrogen) atoms. The van der Waals surface area contributed by atoms with Gasteiger partial charge < -0.3 is 19.7 Å². The molecule has 1 N–H and O–H groups in total. The number of carbonyl (C=O) groups excluding carboxylic acids is 3. The molecule has 0 aliphatic carbocycles. The highest BCUT2D eigenvalue weighted by Gasteiger charge is 2.42. The van der Waals surface area contributed by atoms with Crippen molar-refractivity contribution in [3.8, 4) is 11.5 Å². The standard InChI is InChI=1S/C21H19F3N2O5/c22-21(23,24)31-18-10-15(13-27)26(12-18)19(28)11-25-20(29)14-6-8-17(9-7-14)30-16-4-2-1-3-5-16/h1-9,13,15,18H,10-12H2,(H,25,29)/t15?,18-/m1/s1. The first-order valence-corrected chi connectivity index (χ1v) is 9.35. The van der Waals surface area contributed by atoms with Gasteiger partial charge in [0.1, 0.15) is 17.8 Å². The second-order valence-electron chi connectivity index (χ2n) is 6.79. The normalized spacial score (nSPS) is 18.5. The topological polar surface area (TPSA) is 84.9 Å². The van der Waals surface area contributed by atoms with Crippen molar-refractivity contribution in [2.24, 2.45) is 0 Å². The van der Waals surface area contributed by atoms with Crippen molar-refractivity contribution in [1.82, 2.24) is 10.2 Å². The Hall–Kier alpha value is -3.40. The number of carbonyl (C=O) groups is 3. The van der Waals surface area contributed by atoms with Gasteiger partial charge in [-0.05, 0) is 36.4 Å². The lowest BCUT2D eigenvalue weighted by Gasteiger charge is -2.20. The minimum absolute atomic E-state index is 0.258. The predicted molar refractivity (Wildman–Crippen MR) is 102 cm³/mol. The van der Waals surface area contributed by atoms with E-state index in [1.807, 2.05) is 18.2 Å². The number of alkyl halides is 3. The van der Waals surface area contributed by atoms with Crippen LogP contribution in [0.3, 0.4) is 0 Å². The summed E-state index contributed by atoms with van der Waals surface area (Å²) >= 11 is 0.